The molecule has 0 unspecified atom stereocenters. The van der Waals surface area contributed by atoms with E-state index in [2.05, 4.69) is 10.5 Å². The van der Waals surface area contributed by atoms with Gasteiger partial charge in [0, 0.05) is 17.8 Å². The van der Waals surface area contributed by atoms with Crippen molar-refractivity contribution < 1.29 is 9.72 Å². The van der Waals surface area contributed by atoms with E-state index in [0.717, 1.165) is 0 Å². The number of rotatable bonds is 2. The zero-order chi connectivity index (χ0) is 14.1. The minimum absolute atomic E-state index is 0.00240. The summed E-state index contributed by atoms with van der Waals surface area (Å²) in [5.41, 5.74) is 1.92. The molecule has 2 aromatic rings. The fourth-order valence-electron chi connectivity index (χ4n) is 2.19. The molecule has 98 valence electrons. The number of hydrogen-bond acceptors (Lipinski definition) is 4. The molecule has 0 aromatic heterocycles. The van der Waals surface area contributed by atoms with Gasteiger partial charge in [0.2, 0.25) is 5.91 Å². The van der Waals surface area contributed by atoms with E-state index in [1.54, 1.807) is 30.3 Å². The third-order valence-electron chi connectivity index (χ3n) is 3.16. The van der Waals surface area contributed by atoms with Crippen LogP contribution in [0, 0.1) is 10.1 Å². The van der Waals surface area contributed by atoms with E-state index in [0.29, 0.717) is 16.7 Å². The largest absolute Gasteiger partial charge is 0.408 e. The Morgan fingerprint density at radius 2 is 1.85 bits per heavy atom. The lowest BCUT2D eigenvalue weighted by molar-refractivity contribution is -0.384. The van der Waals surface area contributed by atoms with E-state index in [-0.39, 0.29) is 11.6 Å². The Morgan fingerprint density at radius 3 is 2.65 bits per heavy atom. The van der Waals surface area contributed by atoms with Gasteiger partial charge in [0.25, 0.3) is 5.69 Å². The Bertz CT molecular complexity index is 705. The summed E-state index contributed by atoms with van der Waals surface area (Å²) in [5.74, 6) is -0.198. The highest BCUT2D eigenvalue weighted by Gasteiger charge is 2.29. The van der Waals surface area contributed by atoms with Crippen LogP contribution >= 0.6 is 0 Å². The molecule has 0 fully saturated rings. The minimum Gasteiger partial charge on any atom is -0.405 e. The molecule has 2 N–H and O–H groups in total. The van der Waals surface area contributed by atoms with E-state index < -0.39 is 11.9 Å². The summed E-state index contributed by atoms with van der Waals surface area (Å²) >= 11 is 0. The number of nitro benzene ring substituents is 1. The normalized spacial score (nSPS) is 13.2. The number of nitrogens with zero attached hydrogens (tertiary/aromatic N) is 1. The van der Waals surface area contributed by atoms with Gasteiger partial charge in [-0.05, 0) is 17.6 Å². The molecule has 20 heavy (non-hydrogen) atoms. The number of anilines is 1. The zero-order valence-electron chi connectivity index (χ0n) is 10.4. The molecule has 7 heteroatoms. The smallest absolute Gasteiger partial charge is 0.405 e. The number of non-ortho nitro benzene ring substituents is 1. The molecule has 1 aliphatic heterocycles. The van der Waals surface area contributed by atoms with Gasteiger partial charge >= 0.3 is 6.98 Å². The second-order valence-corrected chi connectivity index (χ2v) is 4.45. The SMILES string of the molecule is O=C1NB(c2cccc([N+](=O)[O-])c2)Nc2ccccc21. The van der Waals surface area contributed by atoms with Crippen LogP contribution in [0.15, 0.2) is 48.5 Å². The summed E-state index contributed by atoms with van der Waals surface area (Å²) in [4.78, 5) is 22.3. The number of carbonyl (C=O) groups excluding carboxylic acids is 1. The van der Waals surface area contributed by atoms with E-state index in [9.17, 15) is 14.9 Å². The first kappa shape index (κ1) is 12.2. The van der Waals surface area contributed by atoms with Crippen LogP contribution < -0.4 is 15.9 Å². The van der Waals surface area contributed by atoms with Crippen LogP contribution in [0.5, 0.6) is 0 Å². The van der Waals surface area contributed by atoms with Gasteiger partial charge in [-0.2, -0.15) is 0 Å². The van der Waals surface area contributed by atoms with Gasteiger partial charge in [-0.1, -0.05) is 24.3 Å². The van der Waals surface area contributed by atoms with Crippen molar-refractivity contribution in [2.24, 2.45) is 0 Å². The second-order valence-electron chi connectivity index (χ2n) is 4.45. The summed E-state index contributed by atoms with van der Waals surface area (Å²) in [7, 11) is 0. The van der Waals surface area contributed by atoms with Gasteiger partial charge < -0.3 is 10.5 Å². The summed E-state index contributed by atoms with van der Waals surface area (Å²) < 4.78 is 0. The minimum atomic E-state index is -0.475. The second kappa shape index (κ2) is 4.69. The predicted molar refractivity (Wildman–Crippen MR) is 76.0 cm³/mol. The van der Waals surface area contributed by atoms with Crippen LogP contribution in [0.4, 0.5) is 11.4 Å². The highest BCUT2D eigenvalue weighted by molar-refractivity contribution is 6.77. The van der Waals surface area contributed by atoms with Crippen LogP contribution in [-0.4, -0.2) is 17.8 Å². The Hall–Kier alpha value is -2.83. The molecule has 0 bridgehead atoms. The standard InChI is InChI=1S/C13H10BN3O3/c18-13-11-6-1-2-7-12(11)15-14(16-13)9-4-3-5-10(8-9)17(19)20/h1-8,15H,(H,16,18). The molecule has 3 rings (SSSR count). The lowest BCUT2D eigenvalue weighted by Gasteiger charge is -2.24. The molecule has 6 nitrogen and oxygen atoms in total. The molecule has 0 spiro atoms. The third-order valence-corrected chi connectivity index (χ3v) is 3.16. The zero-order valence-corrected chi connectivity index (χ0v) is 10.4. The van der Waals surface area contributed by atoms with Gasteiger partial charge in [-0.25, -0.2) is 0 Å². The van der Waals surface area contributed by atoms with Crippen molar-refractivity contribution in [3.8, 4) is 0 Å². The molecule has 0 saturated carbocycles. The first-order valence-electron chi connectivity index (χ1n) is 6.06. The third kappa shape index (κ3) is 2.09. The van der Waals surface area contributed by atoms with Crippen molar-refractivity contribution >= 4 is 29.7 Å². The maximum Gasteiger partial charge on any atom is 0.408 e. The van der Waals surface area contributed by atoms with E-state index >= 15 is 0 Å². The van der Waals surface area contributed by atoms with Gasteiger partial charge in [0.05, 0.1) is 10.5 Å². The summed E-state index contributed by atoms with van der Waals surface area (Å²) in [6.07, 6.45) is 0. The molecule has 1 amide bonds. The Morgan fingerprint density at radius 1 is 1.05 bits per heavy atom. The van der Waals surface area contributed by atoms with Crippen molar-refractivity contribution in [2.45, 2.75) is 0 Å². The summed E-state index contributed by atoms with van der Waals surface area (Å²) in [6, 6.07) is 13.3. The Balaban J connectivity index is 1.95. The van der Waals surface area contributed by atoms with Gasteiger partial charge in [-0.15, -0.1) is 0 Å². The monoisotopic (exact) mass is 267 g/mol. The maximum atomic E-state index is 12.0. The molecule has 0 saturated heterocycles. The van der Waals surface area contributed by atoms with Crippen LogP contribution in [-0.2, 0) is 0 Å². The topological polar surface area (TPSA) is 84.3 Å². The van der Waals surface area contributed by atoms with Gasteiger partial charge in [0.15, 0.2) is 0 Å². The van der Waals surface area contributed by atoms with Crippen LogP contribution in [0.3, 0.4) is 0 Å². The first-order valence-corrected chi connectivity index (χ1v) is 6.06. The van der Waals surface area contributed by atoms with E-state index in [4.69, 9.17) is 0 Å². The lowest BCUT2D eigenvalue weighted by atomic mass is 9.66. The Labute approximate surface area is 115 Å². The molecule has 0 aliphatic carbocycles. The predicted octanol–water partition coefficient (Wildman–Crippen LogP) is 1.15. The number of hydrogen-bond donors (Lipinski definition) is 2. The van der Waals surface area contributed by atoms with Crippen molar-refractivity contribution in [3.05, 3.63) is 64.2 Å². The fourth-order valence-corrected chi connectivity index (χ4v) is 2.19. The van der Waals surface area contributed by atoms with Crippen molar-refractivity contribution in [3.63, 3.8) is 0 Å². The quantitative estimate of drug-likeness (QED) is 0.485. The van der Waals surface area contributed by atoms with Crippen LogP contribution in [0.25, 0.3) is 0 Å². The summed E-state index contributed by atoms with van der Waals surface area (Å²) in [6.45, 7) is -0.475. The molecule has 0 atom stereocenters. The molecule has 1 heterocycles. The first-order chi connectivity index (χ1) is 9.65. The molecule has 2 aromatic carbocycles. The van der Waals surface area contributed by atoms with Gasteiger partial charge in [-0.3, -0.25) is 14.9 Å². The maximum absolute atomic E-state index is 12.0. The number of carbonyl (C=O) groups is 1. The number of para-hydroxylation sites is 1. The van der Waals surface area contributed by atoms with Crippen molar-refractivity contribution in [2.75, 3.05) is 5.23 Å². The average Bonchev–Trinajstić information content (AvgIpc) is 2.47. The molecule has 0 radical (unpaired) electrons. The lowest BCUT2D eigenvalue weighted by Crippen LogP contribution is -2.56. The number of benzene rings is 2. The van der Waals surface area contributed by atoms with Crippen molar-refractivity contribution in [1.82, 2.24) is 5.23 Å². The summed E-state index contributed by atoms with van der Waals surface area (Å²) in [5, 5.41) is 16.7. The van der Waals surface area contributed by atoms with E-state index in [1.807, 2.05) is 6.07 Å². The number of nitrogens with one attached hydrogen (secondary N) is 2. The van der Waals surface area contributed by atoms with Crippen LogP contribution in [0.1, 0.15) is 10.4 Å². The highest BCUT2D eigenvalue weighted by Crippen LogP contribution is 2.18. The number of nitro groups is 1. The molecular weight excluding hydrogens is 257 g/mol. The fraction of sp³-hybridized carbons (Fsp3) is 0. The average molecular weight is 267 g/mol. The van der Waals surface area contributed by atoms with E-state index in [1.165, 1.54) is 12.1 Å². The van der Waals surface area contributed by atoms with Crippen molar-refractivity contribution in [1.29, 1.82) is 0 Å². The highest BCUT2D eigenvalue weighted by atomic mass is 16.6. The Kier molecular flexibility index (Phi) is 2.87. The van der Waals surface area contributed by atoms with Crippen LogP contribution in [0.2, 0.25) is 0 Å². The molecule has 1 aliphatic rings. The number of fused-ring (bicyclic) bond motifs is 1. The van der Waals surface area contributed by atoms with Gasteiger partial charge in [0.1, 0.15) is 0 Å². The number of amides is 1. The molecular formula is C13H10BN3O3.